The lowest BCUT2D eigenvalue weighted by Gasteiger charge is -2.09. The number of aromatic nitrogens is 4. The lowest BCUT2D eigenvalue weighted by atomic mass is 10.1. The lowest BCUT2D eigenvalue weighted by Crippen LogP contribution is -2.12. The molecule has 30 heavy (non-hydrogen) atoms. The number of anilines is 1. The predicted octanol–water partition coefficient (Wildman–Crippen LogP) is 3.76. The number of rotatable bonds is 7. The van der Waals surface area contributed by atoms with Crippen LogP contribution in [0.1, 0.15) is 33.5 Å². The number of carbonyl (C=O) groups is 1. The van der Waals surface area contributed by atoms with Gasteiger partial charge in [-0.2, -0.15) is 4.98 Å². The summed E-state index contributed by atoms with van der Waals surface area (Å²) >= 11 is 0. The van der Waals surface area contributed by atoms with E-state index in [2.05, 4.69) is 25.0 Å². The molecule has 4 rings (SSSR count). The number of benzene rings is 2. The molecule has 0 atom stereocenters. The molecular weight excluding hydrogens is 382 g/mol. The molecule has 8 nitrogen and oxygen atoms in total. The molecule has 1 amide bonds. The van der Waals surface area contributed by atoms with Gasteiger partial charge in [-0.1, -0.05) is 17.3 Å². The number of nitrogens with one attached hydrogen (secondary N) is 1. The maximum Gasteiger partial charge on any atom is 0.255 e. The molecule has 0 saturated heterocycles. The van der Waals surface area contributed by atoms with E-state index >= 15 is 0 Å². The molecule has 0 aliphatic carbocycles. The number of amides is 1. The summed E-state index contributed by atoms with van der Waals surface area (Å²) in [6, 6.07) is 14.7. The Balaban J connectivity index is 1.32. The summed E-state index contributed by atoms with van der Waals surface area (Å²) in [6.45, 7) is 4.63. The summed E-state index contributed by atoms with van der Waals surface area (Å²) in [6.07, 6.45) is 3.73. The molecule has 8 heteroatoms. The third kappa shape index (κ3) is 4.72. The molecule has 2 heterocycles. The molecule has 0 fully saturated rings. The van der Waals surface area contributed by atoms with Crippen molar-refractivity contribution in [3.05, 3.63) is 89.6 Å². The molecule has 4 aromatic rings. The zero-order chi connectivity index (χ0) is 20.9. The van der Waals surface area contributed by atoms with Gasteiger partial charge < -0.3 is 19.1 Å². The van der Waals surface area contributed by atoms with E-state index in [1.54, 1.807) is 37.4 Å². The second-order valence-corrected chi connectivity index (χ2v) is 6.80. The Morgan fingerprint density at radius 2 is 1.87 bits per heavy atom. The minimum Gasteiger partial charge on any atom is -0.485 e. The van der Waals surface area contributed by atoms with Crippen molar-refractivity contribution in [1.29, 1.82) is 0 Å². The summed E-state index contributed by atoms with van der Waals surface area (Å²) in [4.78, 5) is 20.8. The molecule has 0 saturated carbocycles. The van der Waals surface area contributed by atoms with Gasteiger partial charge >= 0.3 is 0 Å². The van der Waals surface area contributed by atoms with Gasteiger partial charge in [0.15, 0.2) is 6.61 Å². The van der Waals surface area contributed by atoms with Gasteiger partial charge in [-0.05, 0) is 48.9 Å². The van der Waals surface area contributed by atoms with Gasteiger partial charge in [0.1, 0.15) is 11.6 Å². The van der Waals surface area contributed by atoms with E-state index < -0.39 is 0 Å². The summed E-state index contributed by atoms with van der Waals surface area (Å²) in [5.41, 5.74) is 2.40. The third-order valence-corrected chi connectivity index (χ3v) is 4.54. The SMILES string of the molecule is Cc1nc(COc2ccc(C(=O)Nc3ccc(Cn4ccnc4C)cc3)cc2)no1. The molecule has 0 aliphatic heterocycles. The highest BCUT2D eigenvalue weighted by Gasteiger charge is 2.08. The largest absolute Gasteiger partial charge is 0.485 e. The topological polar surface area (TPSA) is 95.1 Å². The molecule has 152 valence electrons. The van der Waals surface area contributed by atoms with Crippen LogP contribution >= 0.6 is 0 Å². The van der Waals surface area contributed by atoms with Crippen LogP contribution in [0.5, 0.6) is 5.75 Å². The quantitative estimate of drug-likeness (QED) is 0.505. The summed E-state index contributed by atoms with van der Waals surface area (Å²) < 4.78 is 12.6. The highest BCUT2D eigenvalue weighted by atomic mass is 16.5. The van der Waals surface area contributed by atoms with Crippen LogP contribution in [-0.4, -0.2) is 25.6 Å². The number of nitrogens with zero attached hydrogens (tertiary/aromatic N) is 4. The van der Waals surface area contributed by atoms with E-state index in [0.717, 1.165) is 23.6 Å². The van der Waals surface area contributed by atoms with Gasteiger partial charge in [-0.3, -0.25) is 4.79 Å². The molecule has 2 aromatic heterocycles. The van der Waals surface area contributed by atoms with Gasteiger partial charge in [0, 0.05) is 37.1 Å². The van der Waals surface area contributed by atoms with Crippen molar-refractivity contribution in [2.45, 2.75) is 27.0 Å². The van der Waals surface area contributed by atoms with Crippen molar-refractivity contribution >= 4 is 11.6 Å². The number of ether oxygens (including phenoxy) is 1. The van der Waals surface area contributed by atoms with Crippen LogP contribution in [0.3, 0.4) is 0 Å². The standard InChI is InChI=1S/C22H21N5O3/c1-15-23-11-12-27(15)13-17-3-7-19(8-4-17)25-22(28)18-5-9-20(10-6-18)29-14-21-24-16(2)30-26-21/h3-12H,13-14H2,1-2H3,(H,25,28). The van der Waals surface area contributed by atoms with Crippen LogP contribution in [0.15, 0.2) is 65.4 Å². The second kappa shape index (κ2) is 8.60. The van der Waals surface area contributed by atoms with Crippen LogP contribution in [0.4, 0.5) is 5.69 Å². The van der Waals surface area contributed by atoms with Crippen LogP contribution in [0.2, 0.25) is 0 Å². The first-order valence-electron chi connectivity index (χ1n) is 9.47. The van der Waals surface area contributed by atoms with Gasteiger partial charge in [0.2, 0.25) is 11.7 Å². The van der Waals surface area contributed by atoms with Crippen molar-refractivity contribution in [3.8, 4) is 5.75 Å². The Morgan fingerprint density at radius 1 is 1.10 bits per heavy atom. The highest BCUT2D eigenvalue weighted by Crippen LogP contribution is 2.16. The maximum absolute atomic E-state index is 12.5. The smallest absolute Gasteiger partial charge is 0.255 e. The van der Waals surface area contributed by atoms with Crippen molar-refractivity contribution in [2.24, 2.45) is 0 Å². The summed E-state index contributed by atoms with van der Waals surface area (Å²) in [5, 5.41) is 6.68. The van der Waals surface area contributed by atoms with Gasteiger partial charge in [-0.25, -0.2) is 4.98 Å². The number of hydrogen-bond acceptors (Lipinski definition) is 6. The van der Waals surface area contributed by atoms with E-state index in [9.17, 15) is 4.79 Å². The molecule has 1 N–H and O–H groups in total. The van der Waals surface area contributed by atoms with E-state index in [1.165, 1.54) is 0 Å². The monoisotopic (exact) mass is 403 g/mol. The van der Waals surface area contributed by atoms with E-state index in [1.807, 2.05) is 37.4 Å². The number of aryl methyl sites for hydroxylation is 2. The van der Waals surface area contributed by atoms with Crippen LogP contribution < -0.4 is 10.1 Å². The fourth-order valence-electron chi connectivity index (χ4n) is 2.91. The van der Waals surface area contributed by atoms with Crippen molar-refractivity contribution in [1.82, 2.24) is 19.7 Å². The van der Waals surface area contributed by atoms with Gasteiger partial charge in [0.05, 0.1) is 0 Å². The highest BCUT2D eigenvalue weighted by molar-refractivity contribution is 6.04. The average molecular weight is 403 g/mol. The average Bonchev–Trinajstić information content (AvgIpc) is 3.36. The zero-order valence-electron chi connectivity index (χ0n) is 16.7. The number of imidazole rings is 1. The first kappa shape index (κ1) is 19.4. The van der Waals surface area contributed by atoms with Crippen LogP contribution in [-0.2, 0) is 13.2 Å². The maximum atomic E-state index is 12.5. The minimum atomic E-state index is -0.187. The molecule has 0 unspecified atom stereocenters. The fraction of sp³-hybridized carbons (Fsp3) is 0.182. The van der Waals surface area contributed by atoms with Gasteiger partial charge in [0.25, 0.3) is 5.91 Å². The first-order valence-corrected chi connectivity index (χ1v) is 9.47. The van der Waals surface area contributed by atoms with Crippen molar-refractivity contribution in [3.63, 3.8) is 0 Å². The van der Waals surface area contributed by atoms with Crippen molar-refractivity contribution < 1.29 is 14.1 Å². The molecule has 0 aliphatic rings. The molecule has 0 radical (unpaired) electrons. The van der Waals surface area contributed by atoms with E-state index in [-0.39, 0.29) is 12.5 Å². The Bertz CT molecular complexity index is 1130. The first-order chi connectivity index (χ1) is 14.6. The predicted molar refractivity (Wildman–Crippen MR) is 110 cm³/mol. The van der Waals surface area contributed by atoms with Gasteiger partial charge in [-0.15, -0.1) is 0 Å². The van der Waals surface area contributed by atoms with Crippen molar-refractivity contribution in [2.75, 3.05) is 5.32 Å². The van der Waals surface area contributed by atoms with Crippen LogP contribution in [0, 0.1) is 13.8 Å². The Morgan fingerprint density at radius 3 is 2.50 bits per heavy atom. The second-order valence-electron chi connectivity index (χ2n) is 6.80. The molecule has 0 bridgehead atoms. The summed E-state index contributed by atoms with van der Waals surface area (Å²) in [7, 11) is 0. The van der Waals surface area contributed by atoms with E-state index in [0.29, 0.717) is 23.0 Å². The number of hydrogen-bond donors (Lipinski definition) is 1. The zero-order valence-corrected chi connectivity index (χ0v) is 16.7. The molecule has 2 aromatic carbocycles. The third-order valence-electron chi connectivity index (χ3n) is 4.54. The van der Waals surface area contributed by atoms with E-state index in [4.69, 9.17) is 9.26 Å². The Hall–Kier alpha value is -3.94. The Kier molecular flexibility index (Phi) is 5.56. The van der Waals surface area contributed by atoms with Crippen LogP contribution in [0.25, 0.3) is 0 Å². The lowest BCUT2D eigenvalue weighted by molar-refractivity contribution is 0.102. The molecule has 0 spiro atoms. The minimum absolute atomic E-state index is 0.187. The summed E-state index contributed by atoms with van der Waals surface area (Å²) in [5.74, 6) is 2.36. The fourth-order valence-corrected chi connectivity index (χ4v) is 2.91. The molecular formula is C22H21N5O3. The number of carbonyl (C=O) groups excluding carboxylic acids is 1. The normalized spacial score (nSPS) is 10.7. The Labute approximate surface area is 173 Å².